The fourth-order valence-electron chi connectivity index (χ4n) is 0.962. The van der Waals surface area contributed by atoms with E-state index >= 15 is 0 Å². The highest BCUT2D eigenvalue weighted by Gasteiger charge is 2.04. The summed E-state index contributed by atoms with van der Waals surface area (Å²) >= 11 is 13.0. The summed E-state index contributed by atoms with van der Waals surface area (Å²) in [6, 6.07) is 5.21. The molecule has 0 heterocycles. The molecule has 0 saturated heterocycles. The summed E-state index contributed by atoms with van der Waals surface area (Å²) in [7, 11) is 0. The first-order valence-electron chi connectivity index (χ1n) is 4.59. The van der Waals surface area contributed by atoms with Crippen LogP contribution >= 0.6 is 35.0 Å². The summed E-state index contributed by atoms with van der Waals surface area (Å²) in [6.45, 7) is 0.226. The predicted molar refractivity (Wildman–Crippen MR) is 67.3 cm³/mol. The second-order valence-electron chi connectivity index (χ2n) is 2.94. The number of rotatable bonds is 5. The standard InChI is InChI=1S/C10H11Cl2NO2S/c11-8-2-1-7(5-9(8)12)16-6-10(15)13-3-4-14/h1-2,5,14H,3-4,6H2,(H,13,15). The number of halogens is 2. The fourth-order valence-corrected chi connectivity index (χ4v) is 2.09. The van der Waals surface area contributed by atoms with Crippen LogP contribution in [0.15, 0.2) is 23.1 Å². The molecule has 16 heavy (non-hydrogen) atoms. The van der Waals surface area contributed by atoms with Gasteiger partial charge in [0.25, 0.3) is 0 Å². The molecule has 0 unspecified atom stereocenters. The highest BCUT2D eigenvalue weighted by molar-refractivity contribution is 8.00. The third-order valence-electron chi connectivity index (χ3n) is 1.69. The van der Waals surface area contributed by atoms with E-state index in [1.807, 2.05) is 0 Å². The Bertz CT molecular complexity index is 374. The number of carbonyl (C=O) groups is 1. The summed E-state index contributed by atoms with van der Waals surface area (Å²) < 4.78 is 0. The average Bonchev–Trinajstić information content (AvgIpc) is 2.28. The molecule has 1 rings (SSSR count). The van der Waals surface area contributed by atoms with Crippen molar-refractivity contribution >= 4 is 40.9 Å². The van der Waals surface area contributed by atoms with Gasteiger partial charge in [0.2, 0.25) is 5.91 Å². The van der Waals surface area contributed by atoms with Crippen LogP contribution in [0, 0.1) is 0 Å². The van der Waals surface area contributed by atoms with E-state index < -0.39 is 0 Å². The molecule has 3 nitrogen and oxygen atoms in total. The first-order chi connectivity index (χ1) is 7.63. The SMILES string of the molecule is O=C(CSc1ccc(Cl)c(Cl)c1)NCCO. The Morgan fingerprint density at radius 2 is 2.12 bits per heavy atom. The molecule has 0 aliphatic carbocycles. The van der Waals surface area contributed by atoms with Crippen molar-refractivity contribution < 1.29 is 9.90 Å². The average molecular weight is 280 g/mol. The molecular formula is C10H11Cl2NO2S. The van der Waals surface area contributed by atoms with Gasteiger partial charge in [0.05, 0.1) is 22.4 Å². The number of aliphatic hydroxyl groups is 1. The molecule has 0 saturated carbocycles. The molecule has 0 aliphatic heterocycles. The van der Waals surface area contributed by atoms with E-state index in [1.54, 1.807) is 18.2 Å². The summed E-state index contributed by atoms with van der Waals surface area (Å²) in [5.74, 6) is 0.169. The Kier molecular flexibility index (Phi) is 5.98. The number of benzene rings is 1. The van der Waals surface area contributed by atoms with Crippen LogP contribution in [-0.2, 0) is 4.79 Å². The first-order valence-corrected chi connectivity index (χ1v) is 6.33. The maximum atomic E-state index is 11.2. The van der Waals surface area contributed by atoms with Gasteiger partial charge in [-0.1, -0.05) is 23.2 Å². The van der Waals surface area contributed by atoms with Gasteiger partial charge in [-0.15, -0.1) is 11.8 Å². The van der Waals surface area contributed by atoms with Gasteiger partial charge in [0, 0.05) is 11.4 Å². The quantitative estimate of drug-likeness (QED) is 0.813. The first kappa shape index (κ1) is 13.6. The molecule has 0 bridgehead atoms. The molecule has 0 spiro atoms. The van der Waals surface area contributed by atoms with E-state index in [1.165, 1.54) is 11.8 Å². The Morgan fingerprint density at radius 1 is 1.38 bits per heavy atom. The van der Waals surface area contributed by atoms with Crippen LogP contribution in [0.1, 0.15) is 0 Å². The van der Waals surface area contributed by atoms with Crippen LogP contribution in [-0.4, -0.2) is 29.9 Å². The van der Waals surface area contributed by atoms with E-state index in [2.05, 4.69) is 5.32 Å². The molecule has 0 radical (unpaired) electrons. The smallest absolute Gasteiger partial charge is 0.230 e. The lowest BCUT2D eigenvalue weighted by Gasteiger charge is -2.04. The number of nitrogens with one attached hydrogen (secondary N) is 1. The normalized spacial score (nSPS) is 10.2. The Hall–Kier alpha value is -0.420. The van der Waals surface area contributed by atoms with Crippen LogP contribution in [0.5, 0.6) is 0 Å². The third-order valence-corrected chi connectivity index (χ3v) is 3.43. The van der Waals surface area contributed by atoms with E-state index in [-0.39, 0.29) is 24.8 Å². The van der Waals surface area contributed by atoms with Gasteiger partial charge < -0.3 is 10.4 Å². The van der Waals surface area contributed by atoms with Gasteiger partial charge in [0.1, 0.15) is 0 Å². The highest BCUT2D eigenvalue weighted by atomic mass is 35.5. The van der Waals surface area contributed by atoms with Gasteiger partial charge in [-0.25, -0.2) is 0 Å². The van der Waals surface area contributed by atoms with Crippen molar-refractivity contribution in [2.24, 2.45) is 0 Å². The number of carbonyl (C=O) groups excluding carboxylic acids is 1. The molecule has 0 fully saturated rings. The lowest BCUT2D eigenvalue weighted by Crippen LogP contribution is -2.27. The summed E-state index contributed by atoms with van der Waals surface area (Å²) in [5.41, 5.74) is 0. The number of hydrogen-bond donors (Lipinski definition) is 2. The maximum Gasteiger partial charge on any atom is 0.230 e. The van der Waals surface area contributed by atoms with Crippen LogP contribution in [0.4, 0.5) is 0 Å². The second-order valence-corrected chi connectivity index (χ2v) is 4.80. The van der Waals surface area contributed by atoms with E-state index in [0.717, 1.165) is 4.90 Å². The minimum Gasteiger partial charge on any atom is -0.395 e. The zero-order chi connectivity index (χ0) is 12.0. The zero-order valence-corrected chi connectivity index (χ0v) is 10.7. The lowest BCUT2D eigenvalue weighted by atomic mass is 10.4. The van der Waals surface area contributed by atoms with Gasteiger partial charge in [-0.3, -0.25) is 4.79 Å². The molecule has 88 valence electrons. The molecule has 0 aliphatic rings. The number of thioether (sulfide) groups is 1. The van der Waals surface area contributed by atoms with Crippen LogP contribution < -0.4 is 5.32 Å². The summed E-state index contributed by atoms with van der Waals surface area (Å²) in [4.78, 5) is 12.1. The van der Waals surface area contributed by atoms with Gasteiger partial charge in [-0.2, -0.15) is 0 Å². The van der Waals surface area contributed by atoms with Crippen LogP contribution in [0.25, 0.3) is 0 Å². The Balaban J connectivity index is 2.42. The predicted octanol–water partition coefficient (Wildman–Crippen LogP) is 2.19. The number of hydrogen-bond acceptors (Lipinski definition) is 3. The second kappa shape index (κ2) is 7.01. The Labute approximate surface area is 108 Å². The van der Waals surface area contributed by atoms with Gasteiger partial charge >= 0.3 is 0 Å². The molecule has 1 amide bonds. The van der Waals surface area contributed by atoms with Crippen molar-refractivity contribution in [3.8, 4) is 0 Å². The van der Waals surface area contributed by atoms with Gasteiger partial charge in [-0.05, 0) is 18.2 Å². The number of aliphatic hydroxyl groups excluding tert-OH is 1. The molecular weight excluding hydrogens is 269 g/mol. The molecule has 6 heteroatoms. The summed E-state index contributed by atoms with van der Waals surface area (Å²) in [6.07, 6.45) is 0. The van der Waals surface area contributed by atoms with Crippen molar-refractivity contribution in [3.05, 3.63) is 28.2 Å². The number of amides is 1. The molecule has 0 aromatic heterocycles. The van der Waals surface area contributed by atoms with Crippen molar-refractivity contribution in [2.75, 3.05) is 18.9 Å². The van der Waals surface area contributed by atoms with Gasteiger partial charge in [0.15, 0.2) is 0 Å². The van der Waals surface area contributed by atoms with Crippen molar-refractivity contribution in [3.63, 3.8) is 0 Å². The van der Waals surface area contributed by atoms with Crippen LogP contribution in [0.2, 0.25) is 10.0 Å². The van der Waals surface area contributed by atoms with Crippen molar-refractivity contribution in [2.45, 2.75) is 4.90 Å². The van der Waals surface area contributed by atoms with E-state index in [9.17, 15) is 4.79 Å². The maximum absolute atomic E-state index is 11.2. The van der Waals surface area contributed by atoms with Crippen molar-refractivity contribution in [1.29, 1.82) is 0 Å². The molecule has 1 aromatic rings. The topological polar surface area (TPSA) is 49.3 Å². The van der Waals surface area contributed by atoms with E-state index in [0.29, 0.717) is 10.0 Å². The summed E-state index contributed by atoms with van der Waals surface area (Å²) in [5, 5.41) is 12.0. The largest absolute Gasteiger partial charge is 0.395 e. The molecule has 0 atom stereocenters. The van der Waals surface area contributed by atoms with Crippen LogP contribution in [0.3, 0.4) is 0 Å². The lowest BCUT2D eigenvalue weighted by molar-refractivity contribution is -0.118. The zero-order valence-electron chi connectivity index (χ0n) is 8.37. The van der Waals surface area contributed by atoms with Crippen molar-refractivity contribution in [1.82, 2.24) is 5.32 Å². The fraction of sp³-hybridized carbons (Fsp3) is 0.300. The highest BCUT2D eigenvalue weighted by Crippen LogP contribution is 2.27. The molecule has 2 N–H and O–H groups in total. The minimum absolute atomic E-state index is 0.0524. The Morgan fingerprint density at radius 3 is 2.75 bits per heavy atom. The monoisotopic (exact) mass is 279 g/mol. The third kappa shape index (κ3) is 4.61. The minimum atomic E-state index is -0.120. The molecule has 1 aromatic carbocycles. The van der Waals surface area contributed by atoms with E-state index in [4.69, 9.17) is 28.3 Å².